The SMILES string of the molecule is CCOC(OCC)c1cccc(C)c1Br. The second-order valence-corrected chi connectivity index (χ2v) is 4.01. The van der Waals surface area contributed by atoms with Crippen molar-refractivity contribution in [2.24, 2.45) is 0 Å². The van der Waals surface area contributed by atoms with Crippen molar-refractivity contribution in [1.29, 1.82) is 0 Å². The Bertz CT molecular complexity index is 306. The van der Waals surface area contributed by atoms with E-state index >= 15 is 0 Å². The number of hydrogen-bond donors (Lipinski definition) is 0. The highest BCUT2D eigenvalue weighted by atomic mass is 79.9. The Morgan fingerprint density at radius 1 is 1.20 bits per heavy atom. The summed E-state index contributed by atoms with van der Waals surface area (Å²) in [7, 11) is 0. The first-order valence-corrected chi connectivity index (χ1v) is 5.98. The number of halogens is 1. The van der Waals surface area contributed by atoms with Crippen LogP contribution in [0.2, 0.25) is 0 Å². The highest BCUT2D eigenvalue weighted by Gasteiger charge is 2.15. The van der Waals surface area contributed by atoms with Gasteiger partial charge in [-0.2, -0.15) is 0 Å². The number of aryl methyl sites for hydroxylation is 1. The van der Waals surface area contributed by atoms with Crippen LogP contribution in [0.4, 0.5) is 0 Å². The Morgan fingerprint density at radius 3 is 2.33 bits per heavy atom. The molecular formula is C12H17BrO2. The molecule has 0 spiro atoms. The molecular weight excluding hydrogens is 256 g/mol. The van der Waals surface area contributed by atoms with Gasteiger partial charge in [-0.25, -0.2) is 0 Å². The Labute approximate surface area is 99.7 Å². The third kappa shape index (κ3) is 3.30. The van der Waals surface area contributed by atoms with Crippen molar-refractivity contribution in [1.82, 2.24) is 0 Å². The van der Waals surface area contributed by atoms with Gasteiger partial charge in [-0.1, -0.05) is 34.1 Å². The monoisotopic (exact) mass is 272 g/mol. The van der Waals surface area contributed by atoms with Crippen molar-refractivity contribution in [2.45, 2.75) is 27.1 Å². The normalized spacial score (nSPS) is 11.0. The first-order chi connectivity index (χ1) is 7.20. The molecule has 0 aliphatic rings. The second-order valence-electron chi connectivity index (χ2n) is 3.22. The van der Waals surface area contributed by atoms with Crippen molar-refractivity contribution in [3.8, 4) is 0 Å². The summed E-state index contributed by atoms with van der Waals surface area (Å²) in [6.45, 7) is 7.28. The molecule has 0 radical (unpaired) electrons. The average Bonchev–Trinajstić information content (AvgIpc) is 2.22. The molecule has 0 fully saturated rings. The van der Waals surface area contributed by atoms with Crippen molar-refractivity contribution < 1.29 is 9.47 Å². The van der Waals surface area contributed by atoms with Crippen LogP contribution >= 0.6 is 15.9 Å². The topological polar surface area (TPSA) is 18.5 Å². The van der Waals surface area contributed by atoms with Crippen molar-refractivity contribution in [2.75, 3.05) is 13.2 Å². The third-order valence-electron chi connectivity index (χ3n) is 2.11. The molecule has 2 nitrogen and oxygen atoms in total. The maximum absolute atomic E-state index is 5.55. The van der Waals surface area contributed by atoms with E-state index in [-0.39, 0.29) is 6.29 Å². The minimum absolute atomic E-state index is 0.269. The summed E-state index contributed by atoms with van der Waals surface area (Å²) >= 11 is 3.56. The second kappa shape index (κ2) is 6.26. The van der Waals surface area contributed by atoms with E-state index in [0.29, 0.717) is 13.2 Å². The molecule has 0 aromatic heterocycles. The van der Waals surface area contributed by atoms with Crippen molar-refractivity contribution >= 4 is 15.9 Å². The molecule has 0 bridgehead atoms. The first-order valence-electron chi connectivity index (χ1n) is 5.18. The lowest BCUT2D eigenvalue weighted by Crippen LogP contribution is -2.09. The number of rotatable bonds is 5. The van der Waals surface area contributed by atoms with E-state index in [1.165, 1.54) is 5.56 Å². The van der Waals surface area contributed by atoms with Gasteiger partial charge in [0.25, 0.3) is 0 Å². The van der Waals surface area contributed by atoms with Crippen LogP contribution in [0.3, 0.4) is 0 Å². The standard InChI is InChI=1S/C12H17BrO2/c1-4-14-12(15-5-2)10-8-6-7-9(3)11(10)13/h6-8,12H,4-5H2,1-3H3. The van der Waals surface area contributed by atoms with E-state index in [2.05, 4.69) is 28.9 Å². The Balaban J connectivity index is 2.94. The van der Waals surface area contributed by atoms with Gasteiger partial charge in [0.05, 0.1) is 0 Å². The summed E-state index contributed by atoms with van der Waals surface area (Å²) < 4.78 is 12.2. The molecule has 0 aliphatic carbocycles. The Morgan fingerprint density at radius 2 is 1.80 bits per heavy atom. The van der Waals surface area contributed by atoms with Crippen LogP contribution in [0.25, 0.3) is 0 Å². The molecule has 84 valence electrons. The molecule has 15 heavy (non-hydrogen) atoms. The van der Waals surface area contributed by atoms with Crippen LogP contribution in [0.1, 0.15) is 31.3 Å². The summed E-state index contributed by atoms with van der Waals surface area (Å²) in [6, 6.07) is 6.09. The molecule has 0 amide bonds. The van der Waals surface area contributed by atoms with Gasteiger partial charge in [-0.05, 0) is 26.3 Å². The van der Waals surface area contributed by atoms with Crippen LogP contribution in [0.15, 0.2) is 22.7 Å². The van der Waals surface area contributed by atoms with Gasteiger partial charge in [0.15, 0.2) is 6.29 Å². The molecule has 0 atom stereocenters. The van der Waals surface area contributed by atoms with Gasteiger partial charge in [0.2, 0.25) is 0 Å². The highest BCUT2D eigenvalue weighted by Crippen LogP contribution is 2.29. The molecule has 0 saturated carbocycles. The van der Waals surface area contributed by atoms with Crippen LogP contribution in [-0.4, -0.2) is 13.2 Å². The minimum Gasteiger partial charge on any atom is -0.349 e. The molecule has 0 N–H and O–H groups in total. The molecule has 3 heteroatoms. The summed E-state index contributed by atoms with van der Waals surface area (Å²) in [6.07, 6.45) is -0.269. The largest absolute Gasteiger partial charge is 0.349 e. The van der Waals surface area contributed by atoms with E-state index in [0.717, 1.165) is 10.0 Å². The molecule has 1 rings (SSSR count). The fourth-order valence-corrected chi connectivity index (χ4v) is 1.83. The number of hydrogen-bond acceptors (Lipinski definition) is 2. The van der Waals surface area contributed by atoms with Crippen LogP contribution in [0.5, 0.6) is 0 Å². The van der Waals surface area contributed by atoms with E-state index in [1.807, 2.05) is 26.0 Å². The number of ether oxygens (including phenoxy) is 2. The number of benzene rings is 1. The summed E-state index contributed by atoms with van der Waals surface area (Å²) in [4.78, 5) is 0. The molecule has 0 unspecified atom stereocenters. The van der Waals surface area contributed by atoms with E-state index in [1.54, 1.807) is 0 Å². The fraction of sp³-hybridized carbons (Fsp3) is 0.500. The zero-order valence-electron chi connectivity index (χ0n) is 9.42. The highest BCUT2D eigenvalue weighted by molar-refractivity contribution is 9.10. The zero-order chi connectivity index (χ0) is 11.3. The predicted molar refractivity (Wildman–Crippen MR) is 64.9 cm³/mol. The Hall–Kier alpha value is -0.380. The van der Waals surface area contributed by atoms with Gasteiger partial charge in [0, 0.05) is 23.2 Å². The average molecular weight is 273 g/mol. The van der Waals surface area contributed by atoms with Crippen molar-refractivity contribution in [3.63, 3.8) is 0 Å². The molecule has 1 aromatic rings. The predicted octanol–water partition coefficient (Wildman–Crippen LogP) is 3.83. The van der Waals surface area contributed by atoms with Gasteiger partial charge in [-0.15, -0.1) is 0 Å². The minimum atomic E-state index is -0.269. The Kier molecular flexibility index (Phi) is 5.29. The molecule has 1 aromatic carbocycles. The maximum Gasteiger partial charge on any atom is 0.184 e. The van der Waals surface area contributed by atoms with Gasteiger partial charge >= 0.3 is 0 Å². The lowest BCUT2D eigenvalue weighted by molar-refractivity contribution is -0.140. The van der Waals surface area contributed by atoms with Gasteiger partial charge in [0.1, 0.15) is 0 Å². The first kappa shape index (κ1) is 12.7. The van der Waals surface area contributed by atoms with Crippen LogP contribution in [-0.2, 0) is 9.47 Å². The molecule has 0 saturated heterocycles. The zero-order valence-corrected chi connectivity index (χ0v) is 11.0. The lowest BCUT2D eigenvalue weighted by atomic mass is 10.1. The summed E-state index contributed by atoms with van der Waals surface area (Å²) in [5.74, 6) is 0. The maximum atomic E-state index is 5.55. The van der Waals surface area contributed by atoms with Gasteiger partial charge < -0.3 is 9.47 Å². The van der Waals surface area contributed by atoms with E-state index in [4.69, 9.17) is 9.47 Å². The quantitative estimate of drug-likeness (QED) is 0.759. The van der Waals surface area contributed by atoms with Crippen LogP contribution < -0.4 is 0 Å². The van der Waals surface area contributed by atoms with E-state index < -0.39 is 0 Å². The molecule has 0 heterocycles. The smallest absolute Gasteiger partial charge is 0.184 e. The van der Waals surface area contributed by atoms with Gasteiger partial charge in [-0.3, -0.25) is 0 Å². The van der Waals surface area contributed by atoms with E-state index in [9.17, 15) is 0 Å². The third-order valence-corrected chi connectivity index (χ3v) is 3.19. The molecule has 0 aliphatic heterocycles. The van der Waals surface area contributed by atoms with Crippen molar-refractivity contribution in [3.05, 3.63) is 33.8 Å². The van der Waals surface area contributed by atoms with Crippen LogP contribution in [0, 0.1) is 6.92 Å². The fourth-order valence-electron chi connectivity index (χ4n) is 1.38. The summed E-state index contributed by atoms with van der Waals surface area (Å²) in [5.41, 5.74) is 2.25. The lowest BCUT2D eigenvalue weighted by Gasteiger charge is -2.19. The summed E-state index contributed by atoms with van der Waals surface area (Å²) in [5, 5.41) is 0.